The quantitative estimate of drug-likeness (QED) is 0.879. The fourth-order valence-corrected chi connectivity index (χ4v) is 2.62. The minimum atomic E-state index is -0.0247. The van der Waals surface area contributed by atoms with Crippen LogP contribution in [0.3, 0.4) is 0 Å². The molecule has 3 nitrogen and oxygen atoms in total. The number of benzene rings is 1. The third-order valence-electron chi connectivity index (χ3n) is 2.97. The highest BCUT2D eigenvalue weighted by molar-refractivity contribution is 7.07. The molecule has 0 aliphatic heterocycles. The van der Waals surface area contributed by atoms with Gasteiger partial charge >= 0.3 is 0 Å². The van der Waals surface area contributed by atoms with Gasteiger partial charge in [0.05, 0.1) is 5.56 Å². The SMILES string of the molecule is CNc1ccc(C)cc1C(=O)NCCc1ccsc1. The van der Waals surface area contributed by atoms with Gasteiger partial charge in [0.1, 0.15) is 0 Å². The molecule has 0 bridgehead atoms. The number of hydrogen-bond acceptors (Lipinski definition) is 3. The molecule has 1 aromatic heterocycles. The number of rotatable bonds is 5. The normalized spacial score (nSPS) is 10.2. The van der Waals surface area contributed by atoms with Crippen molar-refractivity contribution in [3.05, 3.63) is 51.7 Å². The van der Waals surface area contributed by atoms with Crippen LogP contribution in [0.15, 0.2) is 35.0 Å². The summed E-state index contributed by atoms with van der Waals surface area (Å²) >= 11 is 1.68. The summed E-state index contributed by atoms with van der Waals surface area (Å²) < 4.78 is 0. The molecule has 0 aliphatic rings. The summed E-state index contributed by atoms with van der Waals surface area (Å²) in [7, 11) is 1.83. The lowest BCUT2D eigenvalue weighted by Crippen LogP contribution is -2.26. The highest BCUT2D eigenvalue weighted by Crippen LogP contribution is 2.16. The molecule has 1 heterocycles. The zero-order valence-corrected chi connectivity index (χ0v) is 12.0. The molecule has 0 unspecified atom stereocenters. The van der Waals surface area contributed by atoms with E-state index in [0.29, 0.717) is 12.1 Å². The van der Waals surface area contributed by atoms with Crippen molar-refractivity contribution in [1.82, 2.24) is 5.32 Å². The molecule has 100 valence electrons. The van der Waals surface area contributed by atoms with E-state index in [1.54, 1.807) is 11.3 Å². The van der Waals surface area contributed by atoms with Gasteiger partial charge in [-0.3, -0.25) is 4.79 Å². The van der Waals surface area contributed by atoms with Crippen LogP contribution in [0.25, 0.3) is 0 Å². The summed E-state index contributed by atoms with van der Waals surface area (Å²) in [5.41, 5.74) is 3.91. The maximum Gasteiger partial charge on any atom is 0.253 e. The van der Waals surface area contributed by atoms with Gasteiger partial charge in [-0.05, 0) is 47.9 Å². The first-order chi connectivity index (χ1) is 9.20. The van der Waals surface area contributed by atoms with E-state index in [4.69, 9.17) is 0 Å². The lowest BCUT2D eigenvalue weighted by atomic mass is 10.1. The van der Waals surface area contributed by atoms with E-state index in [1.165, 1.54) is 5.56 Å². The third-order valence-corrected chi connectivity index (χ3v) is 3.70. The standard InChI is InChI=1S/C15H18N2OS/c1-11-3-4-14(16-2)13(9-11)15(18)17-7-5-12-6-8-19-10-12/h3-4,6,8-10,16H,5,7H2,1-2H3,(H,17,18). The molecule has 19 heavy (non-hydrogen) atoms. The van der Waals surface area contributed by atoms with Gasteiger partial charge in [0.2, 0.25) is 0 Å². The van der Waals surface area contributed by atoms with Gasteiger partial charge in [0.25, 0.3) is 5.91 Å². The number of nitrogens with one attached hydrogen (secondary N) is 2. The number of thiophene rings is 1. The minimum absolute atomic E-state index is 0.0247. The number of hydrogen-bond donors (Lipinski definition) is 2. The molecule has 0 aliphatic carbocycles. The van der Waals surface area contributed by atoms with Gasteiger partial charge in [-0.15, -0.1) is 0 Å². The molecule has 0 saturated heterocycles. The number of carbonyl (C=O) groups is 1. The first-order valence-electron chi connectivity index (χ1n) is 6.28. The van der Waals surface area contributed by atoms with Crippen LogP contribution in [0.1, 0.15) is 21.5 Å². The van der Waals surface area contributed by atoms with Crippen LogP contribution in [0.5, 0.6) is 0 Å². The Morgan fingerprint density at radius 1 is 1.32 bits per heavy atom. The van der Waals surface area contributed by atoms with E-state index in [0.717, 1.165) is 17.7 Å². The van der Waals surface area contributed by atoms with Gasteiger partial charge in [-0.1, -0.05) is 11.6 Å². The molecule has 1 aromatic carbocycles. The van der Waals surface area contributed by atoms with Gasteiger partial charge in [-0.2, -0.15) is 11.3 Å². The molecule has 1 amide bonds. The van der Waals surface area contributed by atoms with Crippen LogP contribution in [-0.4, -0.2) is 19.5 Å². The number of anilines is 1. The van der Waals surface area contributed by atoms with Crippen LogP contribution < -0.4 is 10.6 Å². The summed E-state index contributed by atoms with van der Waals surface area (Å²) in [6.45, 7) is 2.65. The fourth-order valence-electron chi connectivity index (χ4n) is 1.91. The Kier molecular flexibility index (Phi) is 4.58. The van der Waals surface area contributed by atoms with E-state index < -0.39 is 0 Å². The molecule has 0 saturated carbocycles. The molecular weight excluding hydrogens is 256 g/mol. The van der Waals surface area contributed by atoms with Gasteiger partial charge in [-0.25, -0.2) is 0 Å². The van der Waals surface area contributed by atoms with Crippen molar-refractivity contribution in [3.63, 3.8) is 0 Å². The first kappa shape index (κ1) is 13.6. The Hall–Kier alpha value is -1.81. The van der Waals surface area contributed by atoms with Crippen molar-refractivity contribution in [2.24, 2.45) is 0 Å². The summed E-state index contributed by atoms with van der Waals surface area (Å²) in [6, 6.07) is 7.92. The molecule has 2 aromatic rings. The predicted molar refractivity (Wildman–Crippen MR) is 81.1 cm³/mol. The van der Waals surface area contributed by atoms with Gasteiger partial charge in [0, 0.05) is 19.3 Å². The van der Waals surface area contributed by atoms with E-state index in [2.05, 4.69) is 27.5 Å². The van der Waals surface area contributed by atoms with Crippen LogP contribution in [0.2, 0.25) is 0 Å². The molecule has 0 atom stereocenters. The minimum Gasteiger partial charge on any atom is -0.387 e. The van der Waals surface area contributed by atoms with Crippen LogP contribution >= 0.6 is 11.3 Å². The Morgan fingerprint density at radius 2 is 2.16 bits per heavy atom. The van der Waals surface area contributed by atoms with Crippen LogP contribution in [0.4, 0.5) is 5.69 Å². The summed E-state index contributed by atoms with van der Waals surface area (Å²) in [4.78, 5) is 12.2. The summed E-state index contributed by atoms with van der Waals surface area (Å²) in [6.07, 6.45) is 0.871. The smallest absolute Gasteiger partial charge is 0.253 e. The zero-order valence-electron chi connectivity index (χ0n) is 11.2. The van der Waals surface area contributed by atoms with Crippen molar-refractivity contribution < 1.29 is 4.79 Å². The highest BCUT2D eigenvalue weighted by Gasteiger charge is 2.10. The van der Waals surface area contributed by atoms with E-state index in [-0.39, 0.29) is 5.91 Å². The third kappa shape index (κ3) is 3.58. The van der Waals surface area contributed by atoms with Gasteiger partial charge < -0.3 is 10.6 Å². The maximum absolute atomic E-state index is 12.2. The summed E-state index contributed by atoms with van der Waals surface area (Å²) in [5, 5.41) is 10.2. The second kappa shape index (κ2) is 6.38. The number of carbonyl (C=O) groups excluding carboxylic acids is 1. The highest BCUT2D eigenvalue weighted by atomic mass is 32.1. The van der Waals surface area contributed by atoms with Gasteiger partial charge in [0.15, 0.2) is 0 Å². The molecule has 2 rings (SSSR count). The van der Waals surface area contributed by atoms with Crippen molar-refractivity contribution in [2.45, 2.75) is 13.3 Å². The van der Waals surface area contributed by atoms with Crippen LogP contribution in [-0.2, 0) is 6.42 Å². The van der Waals surface area contributed by atoms with Crippen molar-refractivity contribution in [2.75, 3.05) is 18.9 Å². The molecule has 0 spiro atoms. The van der Waals surface area contributed by atoms with E-state index >= 15 is 0 Å². The lowest BCUT2D eigenvalue weighted by molar-refractivity contribution is 0.0955. The lowest BCUT2D eigenvalue weighted by Gasteiger charge is -2.10. The van der Waals surface area contributed by atoms with E-state index in [9.17, 15) is 4.79 Å². The van der Waals surface area contributed by atoms with Crippen molar-refractivity contribution >= 4 is 22.9 Å². The molecule has 0 fully saturated rings. The second-order valence-electron chi connectivity index (χ2n) is 4.44. The second-order valence-corrected chi connectivity index (χ2v) is 5.22. The number of amides is 1. The average molecular weight is 274 g/mol. The van der Waals surface area contributed by atoms with Crippen LogP contribution in [0, 0.1) is 6.92 Å². The summed E-state index contributed by atoms with van der Waals surface area (Å²) in [5.74, 6) is -0.0247. The number of aryl methyl sites for hydroxylation is 1. The Balaban J connectivity index is 1.97. The maximum atomic E-state index is 12.2. The van der Waals surface area contributed by atoms with Crippen molar-refractivity contribution in [3.8, 4) is 0 Å². The molecule has 0 radical (unpaired) electrons. The Morgan fingerprint density at radius 3 is 2.84 bits per heavy atom. The zero-order chi connectivity index (χ0) is 13.7. The Labute approximate surface area is 117 Å². The first-order valence-corrected chi connectivity index (χ1v) is 7.22. The Bertz CT molecular complexity index is 549. The fraction of sp³-hybridized carbons (Fsp3) is 0.267. The average Bonchev–Trinajstić information content (AvgIpc) is 2.91. The molecule has 2 N–H and O–H groups in total. The monoisotopic (exact) mass is 274 g/mol. The molecular formula is C15H18N2OS. The van der Waals surface area contributed by atoms with Crippen molar-refractivity contribution in [1.29, 1.82) is 0 Å². The molecule has 4 heteroatoms. The van der Waals surface area contributed by atoms with E-state index in [1.807, 2.05) is 32.2 Å². The topological polar surface area (TPSA) is 41.1 Å². The predicted octanol–water partition coefficient (Wildman–Crippen LogP) is 3.07. The largest absolute Gasteiger partial charge is 0.387 e.